The molecule has 1 amide bonds. The van der Waals surface area contributed by atoms with Gasteiger partial charge in [-0.25, -0.2) is 0 Å². The van der Waals surface area contributed by atoms with Crippen LogP contribution in [-0.4, -0.2) is 43.5 Å². The Morgan fingerprint density at radius 3 is 2.68 bits per heavy atom. The van der Waals surface area contributed by atoms with Crippen LogP contribution in [0.5, 0.6) is 0 Å². The molecule has 1 aromatic rings. The zero-order valence-corrected chi connectivity index (χ0v) is 14.6. The first-order chi connectivity index (χ1) is 10.1. The summed E-state index contributed by atoms with van der Waals surface area (Å²) in [6.07, 6.45) is 2.24. The van der Waals surface area contributed by atoms with Gasteiger partial charge in [0.05, 0.1) is 6.54 Å². The van der Waals surface area contributed by atoms with Gasteiger partial charge in [-0.15, -0.1) is 12.4 Å². The van der Waals surface area contributed by atoms with Gasteiger partial charge in [0, 0.05) is 11.7 Å². The molecule has 124 valence electrons. The molecule has 0 spiro atoms. The number of benzene rings is 1. The van der Waals surface area contributed by atoms with Crippen molar-refractivity contribution in [3.8, 4) is 0 Å². The molecule has 0 aromatic heterocycles. The first-order valence-corrected chi connectivity index (χ1v) is 7.87. The van der Waals surface area contributed by atoms with Gasteiger partial charge in [0.1, 0.15) is 0 Å². The van der Waals surface area contributed by atoms with E-state index in [4.69, 9.17) is 0 Å². The predicted octanol–water partition coefficient (Wildman–Crippen LogP) is 2.85. The zero-order chi connectivity index (χ0) is 15.2. The van der Waals surface area contributed by atoms with E-state index in [9.17, 15) is 4.79 Å². The largest absolute Gasteiger partial charge is 0.325 e. The normalized spacial score (nSPS) is 15.7. The summed E-state index contributed by atoms with van der Waals surface area (Å²) in [5.41, 5.74) is 2.14. The minimum atomic E-state index is 0. The Morgan fingerprint density at radius 1 is 1.36 bits per heavy atom. The van der Waals surface area contributed by atoms with Crippen LogP contribution in [0, 0.1) is 0 Å². The molecule has 2 rings (SSSR count). The lowest BCUT2D eigenvalue weighted by molar-refractivity contribution is -0.117. The fourth-order valence-corrected chi connectivity index (χ4v) is 2.78. The number of piperidine rings is 1. The van der Waals surface area contributed by atoms with Gasteiger partial charge in [-0.2, -0.15) is 0 Å². The number of nitrogens with zero attached hydrogens (tertiary/aromatic N) is 1. The molecule has 1 aliphatic heterocycles. The van der Waals surface area contributed by atoms with Crippen molar-refractivity contribution in [3.05, 3.63) is 29.8 Å². The first kappa shape index (κ1) is 18.9. The highest BCUT2D eigenvalue weighted by Crippen LogP contribution is 2.18. The molecule has 0 saturated carbocycles. The van der Waals surface area contributed by atoms with Crippen molar-refractivity contribution in [1.82, 2.24) is 10.2 Å². The number of amides is 1. The van der Waals surface area contributed by atoms with E-state index in [1.54, 1.807) is 0 Å². The monoisotopic (exact) mass is 325 g/mol. The molecule has 22 heavy (non-hydrogen) atoms. The molecule has 5 heteroatoms. The Labute approximate surface area is 140 Å². The van der Waals surface area contributed by atoms with Gasteiger partial charge in [-0.3, -0.25) is 9.69 Å². The van der Waals surface area contributed by atoms with Gasteiger partial charge in [0.15, 0.2) is 0 Å². The molecule has 0 unspecified atom stereocenters. The summed E-state index contributed by atoms with van der Waals surface area (Å²) in [7, 11) is 2.04. The van der Waals surface area contributed by atoms with Gasteiger partial charge in [0.2, 0.25) is 5.91 Å². The lowest BCUT2D eigenvalue weighted by Crippen LogP contribution is -2.44. The third kappa shape index (κ3) is 5.59. The Hall–Kier alpha value is -1.10. The van der Waals surface area contributed by atoms with Gasteiger partial charge in [-0.05, 0) is 56.6 Å². The highest BCUT2D eigenvalue weighted by molar-refractivity contribution is 5.92. The van der Waals surface area contributed by atoms with Crippen molar-refractivity contribution in [3.63, 3.8) is 0 Å². The Morgan fingerprint density at radius 2 is 2.05 bits per heavy atom. The van der Waals surface area contributed by atoms with Crippen molar-refractivity contribution >= 4 is 24.0 Å². The van der Waals surface area contributed by atoms with Crippen LogP contribution in [0.1, 0.15) is 38.2 Å². The van der Waals surface area contributed by atoms with Crippen molar-refractivity contribution < 1.29 is 4.79 Å². The second-order valence-electron chi connectivity index (χ2n) is 6.22. The summed E-state index contributed by atoms with van der Waals surface area (Å²) in [6.45, 7) is 6.87. The van der Waals surface area contributed by atoms with E-state index in [1.165, 1.54) is 5.56 Å². The highest BCUT2D eigenvalue weighted by atomic mass is 35.5. The van der Waals surface area contributed by atoms with Crippen LogP contribution in [0.2, 0.25) is 0 Å². The second kappa shape index (κ2) is 9.13. The average molecular weight is 326 g/mol. The Kier molecular flexibility index (Phi) is 7.87. The fraction of sp³-hybridized carbons (Fsp3) is 0.588. The molecular formula is C17H28ClN3O. The molecule has 0 bridgehead atoms. The van der Waals surface area contributed by atoms with E-state index in [1.807, 2.05) is 19.2 Å². The predicted molar refractivity (Wildman–Crippen MR) is 94.9 cm³/mol. The van der Waals surface area contributed by atoms with Gasteiger partial charge in [-0.1, -0.05) is 26.0 Å². The van der Waals surface area contributed by atoms with E-state index >= 15 is 0 Å². The molecule has 4 nitrogen and oxygen atoms in total. The number of anilines is 1. The molecule has 0 aliphatic carbocycles. The van der Waals surface area contributed by atoms with Crippen LogP contribution in [0.25, 0.3) is 0 Å². The lowest BCUT2D eigenvalue weighted by atomic mass is 10.0. The van der Waals surface area contributed by atoms with E-state index in [-0.39, 0.29) is 18.3 Å². The Balaban J connectivity index is 0.00000242. The molecule has 2 N–H and O–H groups in total. The average Bonchev–Trinajstić information content (AvgIpc) is 2.48. The number of rotatable bonds is 5. The number of carbonyl (C=O) groups is 1. The van der Waals surface area contributed by atoms with Crippen molar-refractivity contribution in [1.29, 1.82) is 0 Å². The van der Waals surface area contributed by atoms with Crippen LogP contribution in [-0.2, 0) is 4.79 Å². The van der Waals surface area contributed by atoms with Crippen LogP contribution >= 0.6 is 12.4 Å². The smallest absolute Gasteiger partial charge is 0.238 e. The maximum absolute atomic E-state index is 12.2. The maximum atomic E-state index is 12.2. The number of halogens is 1. The Bertz CT molecular complexity index is 473. The SMILES string of the molecule is CC(C)c1cccc(NC(=O)CN(C)C2CCNCC2)c1.Cl. The van der Waals surface area contributed by atoms with E-state index in [0.29, 0.717) is 18.5 Å². The molecular weight excluding hydrogens is 298 g/mol. The van der Waals surface area contributed by atoms with Gasteiger partial charge in [0.25, 0.3) is 0 Å². The molecule has 0 atom stereocenters. The molecule has 1 aromatic carbocycles. The van der Waals surface area contributed by atoms with Crippen molar-refractivity contribution in [2.24, 2.45) is 0 Å². The number of likely N-dealkylation sites (N-methyl/N-ethyl adjacent to an activating group) is 1. The molecule has 0 radical (unpaired) electrons. The number of hydrogen-bond donors (Lipinski definition) is 2. The summed E-state index contributed by atoms with van der Waals surface area (Å²) in [6, 6.07) is 8.63. The van der Waals surface area contributed by atoms with Crippen LogP contribution < -0.4 is 10.6 Å². The summed E-state index contributed by atoms with van der Waals surface area (Å²) < 4.78 is 0. The summed E-state index contributed by atoms with van der Waals surface area (Å²) >= 11 is 0. The number of nitrogens with one attached hydrogen (secondary N) is 2. The van der Waals surface area contributed by atoms with Crippen LogP contribution in [0.4, 0.5) is 5.69 Å². The summed E-state index contributed by atoms with van der Waals surface area (Å²) in [4.78, 5) is 14.3. The molecule has 1 fully saturated rings. The number of hydrogen-bond acceptors (Lipinski definition) is 3. The fourth-order valence-electron chi connectivity index (χ4n) is 2.78. The summed E-state index contributed by atoms with van der Waals surface area (Å²) in [5, 5.41) is 6.36. The maximum Gasteiger partial charge on any atom is 0.238 e. The molecule has 1 saturated heterocycles. The standard InChI is InChI=1S/C17H27N3O.ClH/c1-13(2)14-5-4-6-15(11-14)19-17(21)12-20(3)16-7-9-18-10-8-16;/h4-6,11,13,16,18H,7-10,12H2,1-3H3,(H,19,21);1H. The van der Waals surface area contributed by atoms with Crippen LogP contribution in [0.3, 0.4) is 0 Å². The second-order valence-corrected chi connectivity index (χ2v) is 6.22. The third-order valence-corrected chi connectivity index (χ3v) is 4.16. The van der Waals surface area contributed by atoms with Gasteiger partial charge >= 0.3 is 0 Å². The molecule has 1 aliphatic rings. The van der Waals surface area contributed by atoms with Crippen molar-refractivity contribution in [2.75, 3.05) is 32.0 Å². The minimum Gasteiger partial charge on any atom is -0.325 e. The topological polar surface area (TPSA) is 44.4 Å². The third-order valence-electron chi connectivity index (χ3n) is 4.16. The summed E-state index contributed by atoms with van der Waals surface area (Å²) in [5.74, 6) is 0.538. The molecule has 1 heterocycles. The number of carbonyl (C=O) groups excluding carboxylic acids is 1. The van der Waals surface area contributed by atoms with E-state index < -0.39 is 0 Å². The highest BCUT2D eigenvalue weighted by Gasteiger charge is 2.19. The van der Waals surface area contributed by atoms with E-state index in [2.05, 4.69) is 41.5 Å². The van der Waals surface area contributed by atoms with Gasteiger partial charge < -0.3 is 10.6 Å². The minimum absolute atomic E-state index is 0. The lowest BCUT2D eigenvalue weighted by Gasteiger charge is -2.31. The first-order valence-electron chi connectivity index (χ1n) is 7.87. The zero-order valence-electron chi connectivity index (χ0n) is 13.8. The van der Waals surface area contributed by atoms with Crippen molar-refractivity contribution in [2.45, 2.75) is 38.6 Å². The van der Waals surface area contributed by atoms with E-state index in [0.717, 1.165) is 31.6 Å². The van der Waals surface area contributed by atoms with Crippen LogP contribution in [0.15, 0.2) is 24.3 Å². The quantitative estimate of drug-likeness (QED) is 0.875.